The third-order valence-corrected chi connectivity index (χ3v) is 5.24. The molecular weight excluding hydrogens is 369 g/mol. The molecule has 0 bridgehead atoms. The molecule has 0 radical (unpaired) electrons. The van der Waals surface area contributed by atoms with Crippen LogP contribution in [0.15, 0.2) is 36.5 Å². The average molecular weight is 388 g/mol. The molecule has 3 aromatic rings. The Balaban J connectivity index is 1.64. The number of amides is 1. The van der Waals surface area contributed by atoms with Crippen molar-refractivity contribution >= 4 is 16.9 Å². The largest absolute Gasteiger partial charge is 0.416 e. The van der Waals surface area contributed by atoms with Crippen molar-refractivity contribution in [2.45, 2.75) is 32.5 Å². The number of pyridine rings is 1. The number of halogens is 3. The molecular formula is C20H19F3N4O. The van der Waals surface area contributed by atoms with Gasteiger partial charge in [-0.05, 0) is 43.0 Å². The fourth-order valence-electron chi connectivity index (χ4n) is 3.78. The van der Waals surface area contributed by atoms with E-state index in [0.29, 0.717) is 29.7 Å². The molecule has 1 amide bonds. The molecule has 0 spiro atoms. The molecule has 1 N–H and O–H groups in total. The van der Waals surface area contributed by atoms with Crippen LogP contribution >= 0.6 is 0 Å². The summed E-state index contributed by atoms with van der Waals surface area (Å²) >= 11 is 0. The maximum Gasteiger partial charge on any atom is 0.416 e. The fourth-order valence-corrected chi connectivity index (χ4v) is 3.78. The standard InChI is InChI=1S/C20H19F3N4O/c1-11-7-17(13-3-5-15(6-4-13)20(21,22)23)27(10-11)19(28)14-8-16-12(2)25-26-18(16)24-9-14/h3-6,8-9,11,17H,7,10H2,1-2H3,(H,24,25,26)/t11-,17+/m1/s1. The molecule has 1 fully saturated rings. The van der Waals surface area contributed by atoms with Crippen LogP contribution in [0.2, 0.25) is 0 Å². The van der Waals surface area contributed by atoms with Crippen molar-refractivity contribution in [3.8, 4) is 0 Å². The molecule has 28 heavy (non-hydrogen) atoms. The third-order valence-electron chi connectivity index (χ3n) is 5.24. The third kappa shape index (κ3) is 3.23. The first-order valence-corrected chi connectivity index (χ1v) is 9.03. The van der Waals surface area contributed by atoms with Gasteiger partial charge in [0.2, 0.25) is 0 Å². The van der Waals surface area contributed by atoms with E-state index < -0.39 is 11.7 Å². The second-order valence-electron chi connectivity index (χ2n) is 7.38. The Morgan fingerprint density at radius 3 is 2.64 bits per heavy atom. The Morgan fingerprint density at radius 1 is 1.25 bits per heavy atom. The zero-order valence-corrected chi connectivity index (χ0v) is 15.4. The minimum atomic E-state index is -4.37. The van der Waals surface area contributed by atoms with Gasteiger partial charge in [0.15, 0.2) is 5.65 Å². The van der Waals surface area contributed by atoms with Crippen molar-refractivity contribution in [1.82, 2.24) is 20.1 Å². The number of aryl methyl sites for hydroxylation is 1. The molecule has 1 aliphatic heterocycles. The number of carbonyl (C=O) groups is 1. The van der Waals surface area contributed by atoms with Crippen LogP contribution < -0.4 is 0 Å². The van der Waals surface area contributed by atoms with Crippen LogP contribution in [-0.2, 0) is 6.18 Å². The molecule has 2 atom stereocenters. The number of nitrogens with one attached hydrogen (secondary N) is 1. The maximum absolute atomic E-state index is 13.2. The van der Waals surface area contributed by atoms with Crippen molar-refractivity contribution in [2.24, 2.45) is 5.92 Å². The molecule has 4 rings (SSSR count). The summed E-state index contributed by atoms with van der Waals surface area (Å²) in [4.78, 5) is 19.1. The summed E-state index contributed by atoms with van der Waals surface area (Å²) in [5.41, 5.74) is 1.84. The Hall–Kier alpha value is -2.90. The molecule has 0 aliphatic carbocycles. The zero-order chi connectivity index (χ0) is 20.1. The van der Waals surface area contributed by atoms with E-state index in [1.54, 1.807) is 11.0 Å². The van der Waals surface area contributed by atoms with Crippen LogP contribution in [0.3, 0.4) is 0 Å². The smallest absolute Gasteiger partial charge is 0.331 e. The molecule has 1 aliphatic rings. The molecule has 3 heterocycles. The van der Waals surface area contributed by atoms with Crippen LogP contribution in [-0.4, -0.2) is 32.5 Å². The fraction of sp³-hybridized carbons (Fsp3) is 0.350. The van der Waals surface area contributed by atoms with Crippen LogP contribution in [0.4, 0.5) is 13.2 Å². The number of hydrogen-bond acceptors (Lipinski definition) is 3. The molecule has 1 saturated heterocycles. The van der Waals surface area contributed by atoms with Gasteiger partial charge in [0.05, 0.1) is 17.2 Å². The van der Waals surface area contributed by atoms with Gasteiger partial charge in [0, 0.05) is 23.8 Å². The van der Waals surface area contributed by atoms with Gasteiger partial charge in [-0.15, -0.1) is 0 Å². The lowest BCUT2D eigenvalue weighted by molar-refractivity contribution is -0.137. The summed E-state index contributed by atoms with van der Waals surface area (Å²) < 4.78 is 38.5. The number of aromatic amines is 1. The molecule has 146 valence electrons. The second-order valence-corrected chi connectivity index (χ2v) is 7.38. The number of likely N-dealkylation sites (tertiary alicyclic amines) is 1. The lowest BCUT2D eigenvalue weighted by atomic mass is 9.99. The Labute approximate surface area is 159 Å². The quantitative estimate of drug-likeness (QED) is 0.703. The van der Waals surface area contributed by atoms with Crippen molar-refractivity contribution in [3.63, 3.8) is 0 Å². The highest BCUT2D eigenvalue weighted by Gasteiger charge is 2.36. The highest BCUT2D eigenvalue weighted by Crippen LogP contribution is 2.38. The van der Waals surface area contributed by atoms with Crippen molar-refractivity contribution in [3.05, 3.63) is 58.9 Å². The number of nitrogens with zero attached hydrogens (tertiary/aromatic N) is 3. The van der Waals surface area contributed by atoms with E-state index in [1.165, 1.54) is 18.3 Å². The lowest BCUT2D eigenvalue weighted by Gasteiger charge is -2.25. The number of fused-ring (bicyclic) bond motifs is 1. The van der Waals surface area contributed by atoms with Gasteiger partial charge in [-0.3, -0.25) is 9.89 Å². The lowest BCUT2D eigenvalue weighted by Crippen LogP contribution is -2.31. The monoisotopic (exact) mass is 388 g/mol. The van der Waals surface area contributed by atoms with Gasteiger partial charge < -0.3 is 4.90 Å². The summed E-state index contributed by atoms with van der Waals surface area (Å²) in [5.74, 6) is 0.0767. The van der Waals surface area contributed by atoms with Crippen LogP contribution in [0.25, 0.3) is 11.0 Å². The first-order chi connectivity index (χ1) is 13.2. The number of alkyl halides is 3. The van der Waals surface area contributed by atoms with Gasteiger partial charge in [-0.1, -0.05) is 19.1 Å². The molecule has 8 heteroatoms. The maximum atomic E-state index is 13.2. The average Bonchev–Trinajstić information content (AvgIpc) is 3.23. The number of carbonyl (C=O) groups excluding carboxylic acids is 1. The Kier molecular flexibility index (Phi) is 4.36. The number of benzene rings is 1. The molecule has 0 unspecified atom stereocenters. The summed E-state index contributed by atoms with van der Waals surface area (Å²) in [6, 6.07) is 6.58. The molecule has 5 nitrogen and oxygen atoms in total. The Morgan fingerprint density at radius 2 is 1.96 bits per heavy atom. The van der Waals surface area contributed by atoms with Crippen LogP contribution in [0, 0.1) is 12.8 Å². The van der Waals surface area contributed by atoms with E-state index in [-0.39, 0.29) is 17.9 Å². The van der Waals surface area contributed by atoms with Crippen LogP contribution in [0.5, 0.6) is 0 Å². The highest BCUT2D eigenvalue weighted by molar-refractivity contribution is 5.97. The number of H-pyrrole nitrogens is 1. The zero-order valence-electron chi connectivity index (χ0n) is 15.4. The number of rotatable bonds is 2. The van der Waals surface area contributed by atoms with E-state index in [2.05, 4.69) is 15.2 Å². The first-order valence-electron chi connectivity index (χ1n) is 9.03. The summed E-state index contributed by atoms with van der Waals surface area (Å²) in [7, 11) is 0. The van der Waals surface area contributed by atoms with Crippen molar-refractivity contribution in [1.29, 1.82) is 0 Å². The minimum Gasteiger partial charge on any atom is -0.331 e. The number of aromatic nitrogens is 3. The molecule has 0 saturated carbocycles. The van der Waals surface area contributed by atoms with Crippen LogP contribution in [0.1, 0.15) is 46.6 Å². The van der Waals surface area contributed by atoms with Gasteiger partial charge in [0.1, 0.15) is 0 Å². The summed E-state index contributed by atoms with van der Waals surface area (Å²) in [6.07, 6.45) is -2.17. The SMILES string of the molecule is Cc1[nH]nc2ncc(C(=O)N3C[C@H](C)C[C@H]3c3ccc(C(F)(F)F)cc3)cc12. The van der Waals surface area contributed by atoms with E-state index in [0.717, 1.165) is 23.2 Å². The van der Waals surface area contributed by atoms with Gasteiger partial charge in [-0.25, -0.2) is 4.98 Å². The normalized spacial score (nSPS) is 20.1. The van der Waals surface area contributed by atoms with Gasteiger partial charge in [0.25, 0.3) is 5.91 Å². The van der Waals surface area contributed by atoms with Gasteiger partial charge >= 0.3 is 6.18 Å². The Bertz CT molecular complexity index is 1030. The van der Waals surface area contributed by atoms with Crippen molar-refractivity contribution < 1.29 is 18.0 Å². The van der Waals surface area contributed by atoms with E-state index >= 15 is 0 Å². The van der Waals surface area contributed by atoms with E-state index in [9.17, 15) is 18.0 Å². The molecule has 1 aromatic carbocycles. The van der Waals surface area contributed by atoms with E-state index in [4.69, 9.17) is 0 Å². The summed E-state index contributed by atoms with van der Waals surface area (Å²) in [6.45, 7) is 4.44. The predicted octanol–water partition coefficient (Wildman–Crippen LogP) is 4.51. The summed E-state index contributed by atoms with van der Waals surface area (Å²) in [5, 5.41) is 7.69. The minimum absolute atomic E-state index is 0.177. The van der Waals surface area contributed by atoms with Gasteiger partial charge in [-0.2, -0.15) is 18.3 Å². The number of hydrogen-bond donors (Lipinski definition) is 1. The topological polar surface area (TPSA) is 61.9 Å². The second kappa shape index (κ2) is 6.61. The molecule has 2 aromatic heterocycles. The van der Waals surface area contributed by atoms with Crippen molar-refractivity contribution in [2.75, 3.05) is 6.54 Å². The predicted molar refractivity (Wildman–Crippen MR) is 97.6 cm³/mol. The first kappa shape index (κ1) is 18.5. The van der Waals surface area contributed by atoms with E-state index in [1.807, 2.05) is 13.8 Å². The highest BCUT2D eigenvalue weighted by atomic mass is 19.4.